The van der Waals surface area contributed by atoms with Gasteiger partial charge in [0.1, 0.15) is 0 Å². The first-order valence-electron chi connectivity index (χ1n) is 9.01. The van der Waals surface area contributed by atoms with Gasteiger partial charge in [-0.3, -0.25) is 9.59 Å². The van der Waals surface area contributed by atoms with Gasteiger partial charge in [-0.2, -0.15) is 0 Å². The van der Waals surface area contributed by atoms with E-state index in [4.69, 9.17) is 0 Å². The Morgan fingerprint density at radius 3 is 3.00 bits per heavy atom. The molecule has 3 N–H and O–H groups in total. The van der Waals surface area contributed by atoms with Crippen LogP contribution in [0, 0.1) is 5.92 Å². The van der Waals surface area contributed by atoms with Gasteiger partial charge in [0.25, 0.3) is 0 Å². The van der Waals surface area contributed by atoms with Crippen molar-refractivity contribution in [1.29, 1.82) is 0 Å². The van der Waals surface area contributed by atoms with Crippen LogP contribution in [-0.2, 0) is 9.59 Å². The number of benzene rings is 1. The fourth-order valence-electron chi connectivity index (χ4n) is 3.45. The number of aromatic nitrogens is 1. The van der Waals surface area contributed by atoms with Crippen LogP contribution in [0.25, 0.3) is 10.9 Å². The van der Waals surface area contributed by atoms with E-state index in [1.165, 1.54) is 12.8 Å². The van der Waals surface area contributed by atoms with E-state index < -0.39 is 11.8 Å². The second-order valence-corrected chi connectivity index (χ2v) is 6.86. The molecule has 6 heteroatoms. The summed E-state index contributed by atoms with van der Waals surface area (Å²) in [5.41, 5.74) is 1.56. The molecular weight excluding hydrogens is 316 g/mol. The topological polar surface area (TPSA) is 77.2 Å². The minimum atomic E-state index is -0.625. The molecule has 1 unspecified atom stereocenters. The minimum Gasteiger partial charge on any atom is -0.361 e. The largest absolute Gasteiger partial charge is 0.361 e. The summed E-state index contributed by atoms with van der Waals surface area (Å²) < 4.78 is 0. The molecule has 1 aromatic heterocycles. The van der Waals surface area contributed by atoms with Gasteiger partial charge in [-0.05, 0) is 56.5 Å². The Kier molecular flexibility index (Phi) is 5.71. The lowest BCUT2D eigenvalue weighted by molar-refractivity contribution is -0.136. The Bertz CT molecular complexity index is 740. The van der Waals surface area contributed by atoms with Gasteiger partial charge in [-0.25, -0.2) is 0 Å². The predicted octanol–water partition coefficient (Wildman–Crippen LogP) is 2.34. The monoisotopic (exact) mass is 342 g/mol. The van der Waals surface area contributed by atoms with Crippen LogP contribution >= 0.6 is 0 Å². The molecule has 0 bridgehead atoms. The number of hydrogen-bond acceptors (Lipinski definition) is 3. The van der Waals surface area contributed by atoms with Gasteiger partial charge in [0.2, 0.25) is 0 Å². The number of nitrogens with zero attached hydrogens (tertiary/aromatic N) is 1. The molecule has 1 aliphatic rings. The third-order valence-corrected chi connectivity index (χ3v) is 4.73. The zero-order valence-corrected chi connectivity index (χ0v) is 14.7. The lowest BCUT2D eigenvalue weighted by Crippen LogP contribution is -2.39. The van der Waals surface area contributed by atoms with Crippen molar-refractivity contribution in [2.45, 2.75) is 26.2 Å². The first kappa shape index (κ1) is 17.5. The van der Waals surface area contributed by atoms with E-state index in [2.05, 4.69) is 27.4 Å². The van der Waals surface area contributed by atoms with Crippen LogP contribution in [0.1, 0.15) is 26.2 Å². The highest BCUT2D eigenvalue weighted by Crippen LogP contribution is 2.21. The second-order valence-electron chi connectivity index (χ2n) is 6.86. The Balaban J connectivity index is 1.42. The van der Waals surface area contributed by atoms with Crippen molar-refractivity contribution in [1.82, 2.24) is 15.2 Å². The summed E-state index contributed by atoms with van der Waals surface area (Å²) in [6.07, 6.45) is 5.23. The van der Waals surface area contributed by atoms with E-state index in [-0.39, 0.29) is 0 Å². The Morgan fingerprint density at radius 2 is 2.16 bits per heavy atom. The average Bonchev–Trinajstić information content (AvgIpc) is 3.08. The number of nitrogens with one attached hydrogen (secondary N) is 3. The molecule has 2 aromatic rings. The molecule has 0 aliphatic carbocycles. The molecule has 2 amide bonds. The number of carbonyl (C=O) groups is 2. The smallest absolute Gasteiger partial charge is 0.313 e. The van der Waals surface area contributed by atoms with E-state index in [1.54, 1.807) is 6.07 Å². The molecule has 1 aliphatic heterocycles. The van der Waals surface area contributed by atoms with Gasteiger partial charge in [0.05, 0.1) is 5.69 Å². The zero-order chi connectivity index (χ0) is 17.6. The van der Waals surface area contributed by atoms with Crippen molar-refractivity contribution in [3.8, 4) is 0 Å². The highest BCUT2D eigenvalue weighted by Gasteiger charge is 2.17. The van der Waals surface area contributed by atoms with Crippen LogP contribution in [0.3, 0.4) is 0 Å². The van der Waals surface area contributed by atoms with Crippen molar-refractivity contribution in [3.05, 3.63) is 30.5 Å². The Hall–Kier alpha value is -2.34. The van der Waals surface area contributed by atoms with Gasteiger partial charge in [-0.15, -0.1) is 0 Å². The van der Waals surface area contributed by atoms with Gasteiger partial charge >= 0.3 is 11.8 Å². The summed E-state index contributed by atoms with van der Waals surface area (Å²) in [6, 6.07) is 7.43. The van der Waals surface area contributed by atoms with Gasteiger partial charge in [0, 0.05) is 30.2 Å². The number of piperidine rings is 1. The summed E-state index contributed by atoms with van der Waals surface area (Å²) in [5.74, 6) is -0.454. The van der Waals surface area contributed by atoms with Crippen LogP contribution in [0.15, 0.2) is 30.5 Å². The first-order chi connectivity index (χ1) is 12.1. The summed E-state index contributed by atoms with van der Waals surface area (Å²) in [5, 5.41) is 6.29. The normalized spacial score (nSPS) is 18.2. The van der Waals surface area contributed by atoms with Crippen molar-refractivity contribution >= 4 is 28.4 Å². The van der Waals surface area contributed by atoms with E-state index in [0.717, 1.165) is 42.9 Å². The molecule has 0 spiro atoms. The maximum Gasteiger partial charge on any atom is 0.313 e. The van der Waals surface area contributed by atoms with Crippen molar-refractivity contribution in [2.24, 2.45) is 5.92 Å². The summed E-state index contributed by atoms with van der Waals surface area (Å²) in [7, 11) is 0. The number of fused-ring (bicyclic) bond motifs is 1. The van der Waals surface area contributed by atoms with Crippen molar-refractivity contribution in [3.63, 3.8) is 0 Å². The van der Waals surface area contributed by atoms with E-state index >= 15 is 0 Å². The summed E-state index contributed by atoms with van der Waals surface area (Å²) in [6.45, 7) is 6.04. The molecule has 1 atom stereocenters. The number of H-pyrrole nitrogens is 1. The van der Waals surface area contributed by atoms with E-state index in [0.29, 0.717) is 12.2 Å². The zero-order valence-electron chi connectivity index (χ0n) is 14.7. The van der Waals surface area contributed by atoms with Gasteiger partial charge in [-0.1, -0.05) is 13.0 Å². The molecule has 2 heterocycles. The number of rotatable bonds is 5. The molecule has 6 nitrogen and oxygen atoms in total. The van der Waals surface area contributed by atoms with Gasteiger partial charge < -0.3 is 20.5 Å². The SMILES string of the molecule is CC1CCCN(CCCNC(=O)C(=O)Nc2cccc3[nH]ccc23)C1. The molecule has 134 valence electrons. The van der Waals surface area contributed by atoms with E-state index in [1.807, 2.05) is 24.4 Å². The molecule has 1 saturated heterocycles. The van der Waals surface area contributed by atoms with Crippen LogP contribution in [0.4, 0.5) is 5.69 Å². The fourth-order valence-corrected chi connectivity index (χ4v) is 3.45. The third-order valence-electron chi connectivity index (χ3n) is 4.73. The maximum atomic E-state index is 12.1. The summed E-state index contributed by atoms with van der Waals surface area (Å²) >= 11 is 0. The molecule has 1 aromatic carbocycles. The van der Waals surface area contributed by atoms with E-state index in [9.17, 15) is 9.59 Å². The number of likely N-dealkylation sites (tertiary alicyclic amines) is 1. The first-order valence-corrected chi connectivity index (χ1v) is 9.01. The molecule has 0 radical (unpaired) electrons. The van der Waals surface area contributed by atoms with Crippen LogP contribution in [-0.4, -0.2) is 47.9 Å². The highest BCUT2D eigenvalue weighted by atomic mass is 16.2. The highest BCUT2D eigenvalue weighted by molar-refractivity contribution is 6.40. The number of hydrogen-bond donors (Lipinski definition) is 3. The lowest BCUT2D eigenvalue weighted by atomic mass is 10.0. The van der Waals surface area contributed by atoms with Crippen LogP contribution in [0.2, 0.25) is 0 Å². The Morgan fingerprint density at radius 1 is 1.28 bits per heavy atom. The standard InChI is InChI=1S/C19H26N4O2/c1-14-5-3-11-23(13-14)12-4-9-21-18(24)19(25)22-17-7-2-6-16-15(17)8-10-20-16/h2,6-8,10,14,20H,3-5,9,11-13H2,1H3,(H,21,24)(H,22,25). The van der Waals surface area contributed by atoms with Crippen LogP contribution < -0.4 is 10.6 Å². The quantitative estimate of drug-likeness (QED) is 0.576. The molecule has 1 fully saturated rings. The molecule has 25 heavy (non-hydrogen) atoms. The number of amides is 2. The maximum absolute atomic E-state index is 12.1. The molecule has 0 saturated carbocycles. The number of aromatic amines is 1. The average molecular weight is 342 g/mol. The minimum absolute atomic E-state index is 0.519. The number of carbonyl (C=O) groups excluding carboxylic acids is 2. The predicted molar refractivity (Wildman–Crippen MR) is 99.4 cm³/mol. The van der Waals surface area contributed by atoms with Gasteiger partial charge in [0.15, 0.2) is 0 Å². The third kappa shape index (κ3) is 4.60. The van der Waals surface area contributed by atoms with Crippen LogP contribution in [0.5, 0.6) is 0 Å². The lowest BCUT2D eigenvalue weighted by Gasteiger charge is -2.30. The molecule has 3 rings (SSSR count). The Labute approximate surface area is 148 Å². The summed E-state index contributed by atoms with van der Waals surface area (Å²) in [4.78, 5) is 29.6. The van der Waals surface area contributed by atoms with Crippen molar-refractivity contribution < 1.29 is 9.59 Å². The molecular formula is C19H26N4O2. The van der Waals surface area contributed by atoms with Crippen molar-refractivity contribution in [2.75, 3.05) is 31.5 Å². The fraction of sp³-hybridized carbons (Fsp3) is 0.474. The number of anilines is 1. The second kappa shape index (κ2) is 8.16.